The second kappa shape index (κ2) is 5.58. The molecule has 1 nitrogen and oxygen atoms in total. The third kappa shape index (κ3) is 2.86. The van der Waals surface area contributed by atoms with Crippen molar-refractivity contribution in [2.45, 2.75) is 45.7 Å². The van der Waals surface area contributed by atoms with Crippen LogP contribution in [-0.2, 0) is 0 Å². The topological polar surface area (TPSA) is 12.0 Å². The molecule has 0 bridgehead atoms. The Hall–Kier alpha value is -0.600. The quantitative estimate of drug-likeness (QED) is 0.848. The van der Waals surface area contributed by atoms with E-state index in [9.17, 15) is 4.39 Å². The first-order valence-electron chi connectivity index (χ1n) is 6.70. The van der Waals surface area contributed by atoms with Crippen molar-refractivity contribution < 1.29 is 4.39 Å². The van der Waals surface area contributed by atoms with E-state index in [1.54, 1.807) is 6.07 Å². The van der Waals surface area contributed by atoms with Crippen LogP contribution < -0.4 is 5.32 Å². The van der Waals surface area contributed by atoms with Gasteiger partial charge in [0.2, 0.25) is 0 Å². The molecule has 0 spiro atoms. The van der Waals surface area contributed by atoms with Crippen molar-refractivity contribution in [2.24, 2.45) is 11.8 Å². The summed E-state index contributed by atoms with van der Waals surface area (Å²) in [5, 5.41) is 4.14. The van der Waals surface area contributed by atoms with Gasteiger partial charge in [-0.1, -0.05) is 31.5 Å². The number of benzene rings is 1. The summed E-state index contributed by atoms with van der Waals surface area (Å²) in [6.07, 6.45) is 2.49. The number of rotatable bonds is 3. The molecular formula is C15H21ClFN. The van der Waals surface area contributed by atoms with Gasteiger partial charge in [0, 0.05) is 17.1 Å². The lowest BCUT2D eigenvalue weighted by molar-refractivity contribution is 0.347. The van der Waals surface area contributed by atoms with Crippen LogP contribution >= 0.6 is 11.6 Å². The Morgan fingerprint density at radius 3 is 2.61 bits per heavy atom. The predicted octanol–water partition coefficient (Wildman–Crippen LogP) is 4.56. The Morgan fingerprint density at radius 2 is 2.06 bits per heavy atom. The SMILES string of the molecule is CC(NC1CCC(C)C1C)c1ccc(F)cc1Cl. The van der Waals surface area contributed by atoms with Crippen LogP contribution in [0.4, 0.5) is 4.39 Å². The van der Waals surface area contributed by atoms with Crippen LogP contribution in [0.5, 0.6) is 0 Å². The third-order valence-corrected chi connectivity index (χ3v) is 4.69. The highest BCUT2D eigenvalue weighted by Gasteiger charge is 2.30. The fourth-order valence-electron chi connectivity index (χ4n) is 2.86. The van der Waals surface area contributed by atoms with Gasteiger partial charge in [0.05, 0.1) is 0 Å². The Kier molecular flexibility index (Phi) is 4.29. The van der Waals surface area contributed by atoms with E-state index in [1.165, 1.54) is 25.0 Å². The average Bonchev–Trinajstić information content (AvgIpc) is 2.61. The second-order valence-corrected chi connectivity index (χ2v) is 5.98. The molecule has 2 rings (SSSR count). The summed E-state index contributed by atoms with van der Waals surface area (Å²) in [6, 6.07) is 5.33. The van der Waals surface area contributed by atoms with Gasteiger partial charge in [-0.05, 0) is 49.3 Å². The Balaban J connectivity index is 2.05. The van der Waals surface area contributed by atoms with Crippen molar-refractivity contribution in [1.82, 2.24) is 5.32 Å². The van der Waals surface area contributed by atoms with Crippen LogP contribution in [0.2, 0.25) is 5.02 Å². The number of hydrogen-bond donors (Lipinski definition) is 1. The molecule has 0 aliphatic heterocycles. The second-order valence-electron chi connectivity index (χ2n) is 5.57. The fourth-order valence-corrected chi connectivity index (χ4v) is 3.19. The van der Waals surface area contributed by atoms with Gasteiger partial charge in [-0.3, -0.25) is 0 Å². The molecule has 0 aromatic heterocycles. The van der Waals surface area contributed by atoms with Crippen LogP contribution in [0.25, 0.3) is 0 Å². The highest BCUT2D eigenvalue weighted by atomic mass is 35.5. The lowest BCUT2D eigenvalue weighted by atomic mass is 9.96. The zero-order valence-electron chi connectivity index (χ0n) is 11.2. The molecule has 1 saturated carbocycles. The van der Waals surface area contributed by atoms with E-state index >= 15 is 0 Å². The van der Waals surface area contributed by atoms with Crippen LogP contribution in [0.3, 0.4) is 0 Å². The van der Waals surface area contributed by atoms with Crippen molar-refractivity contribution in [1.29, 1.82) is 0 Å². The summed E-state index contributed by atoms with van der Waals surface area (Å²) in [6.45, 7) is 6.70. The van der Waals surface area contributed by atoms with Crippen molar-refractivity contribution in [3.63, 3.8) is 0 Å². The van der Waals surface area contributed by atoms with Crippen LogP contribution in [0.1, 0.15) is 45.2 Å². The van der Waals surface area contributed by atoms with Gasteiger partial charge >= 0.3 is 0 Å². The molecule has 1 aliphatic rings. The summed E-state index contributed by atoms with van der Waals surface area (Å²) in [5.41, 5.74) is 0.977. The first-order chi connectivity index (χ1) is 8.49. The van der Waals surface area contributed by atoms with E-state index in [0.717, 1.165) is 11.5 Å². The third-order valence-electron chi connectivity index (χ3n) is 4.36. The van der Waals surface area contributed by atoms with E-state index in [0.29, 0.717) is 17.0 Å². The first-order valence-corrected chi connectivity index (χ1v) is 7.08. The molecule has 1 aliphatic carbocycles. The molecule has 0 radical (unpaired) electrons. The molecule has 4 unspecified atom stereocenters. The lowest BCUT2D eigenvalue weighted by Gasteiger charge is -2.25. The van der Waals surface area contributed by atoms with E-state index in [4.69, 9.17) is 11.6 Å². The molecule has 100 valence electrons. The lowest BCUT2D eigenvalue weighted by Crippen LogP contribution is -2.34. The minimum atomic E-state index is -0.279. The monoisotopic (exact) mass is 269 g/mol. The molecule has 1 aromatic carbocycles. The van der Waals surface area contributed by atoms with Crippen molar-refractivity contribution in [3.05, 3.63) is 34.6 Å². The zero-order valence-corrected chi connectivity index (χ0v) is 12.0. The summed E-state index contributed by atoms with van der Waals surface area (Å²) in [7, 11) is 0. The van der Waals surface area contributed by atoms with Crippen molar-refractivity contribution in [3.8, 4) is 0 Å². The Labute approximate surface area is 114 Å². The van der Waals surface area contributed by atoms with Crippen LogP contribution in [0.15, 0.2) is 18.2 Å². The minimum Gasteiger partial charge on any atom is -0.307 e. The highest BCUT2D eigenvalue weighted by Crippen LogP contribution is 2.33. The van der Waals surface area contributed by atoms with Gasteiger partial charge < -0.3 is 5.32 Å². The minimum absolute atomic E-state index is 0.163. The van der Waals surface area contributed by atoms with Crippen molar-refractivity contribution in [2.75, 3.05) is 0 Å². The first kappa shape index (κ1) is 13.8. The summed E-state index contributed by atoms with van der Waals surface area (Å²) in [4.78, 5) is 0. The standard InChI is InChI=1S/C15H21ClFN/c1-9-4-7-15(10(9)2)18-11(3)13-6-5-12(17)8-14(13)16/h5-6,8-11,15,18H,4,7H2,1-3H3. The van der Waals surface area contributed by atoms with E-state index < -0.39 is 0 Å². The normalized spacial score (nSPS) is 29.5. The summed E-state index contributed by atoms with van der Waals surface area (Å²) in [5.74, 6) is 1.18. The molecule has 0 saturated heterocycles. The highest BCUT2D eigenvalue weighted by molar-refractivity contribution is 6.31. The van der Waals surface area contributed by atoms with Crippen LogP contribution in [0, 0.1) is 17.7 Å². The van der Waals surface area contributed by atoms with Gasteiger partial charge in [-0.2, -0.15) is 0 Å². The van der Waals surface area contributed by atoms with Gasteiger partial charge in [0.25, 0.3) is 0 Å². The maximum Gasteiger partial charge on any atom is 0.124 e. The van der Waals surface area contributed by atoms with Gasteiger partial charge in [-0.15, -0.1) is 0 Å². The van der Waals surface area contributed by atoms with Crippen LogP contribution in [-0.4, -0.2) is 6.04 Å². The largest absolute Gasteiger partial charge is 0.307 e. The number of halogens is 2. The van der Waals surface area contributed by atoms with E-state index in [1.807, 2.05) is 0 Å². The fraction of sp³-hybridized carbons (Fsp3) is 0.600. The van der Waals surface area contributed by atoms with Gasteiger partial charge in [0.1, 0.15) is 5.82 Å². The van der Waals surface area contributed by atoms with Gasteiger partial charge in [0.15, 0.2) is 0 Å². The molecule has 18 heavy (non-hydrogen) atoms. The molecule has 1 aromatic rings. The number of hydrogen-bond acceptors (Lipinski definition) is 1. The van der Waals surface area contributed by atoms with Crippen molar-refractivity contribution >= 4 is 11.6 Å². The smallest absolute Gasteiger partial charge is 0.124 e. The maximum atomic E-state index is 13.0. The molecule has 4 atom stereocenters. The Bertz CT molecular complexity index is 421. The molecule has 1 fully saturated rings. The summed E-state index contributed by atoms with van der Waals surface area (Å²) >= 11 is 6.09. The zero-order chi connectivity index (χ0) is 13.3. The van der Waals surface area contributed by atoms with Gasteiger partial charge in [-0.25, -0.2) is 4.39 Å². The number of nitrogens with one attached hydrogen (secondary N) is 1. The average molecular weight is 270 g/mol. The molecule has 0 amide bonds. The van der Waals surface area contributed by atoms with E-state index in [2.05, 4.69) is 26.1 Å². The summed E-state index contributed by atoms with van der Waals surface area (Å²) < 4.78 is 13.0. The molecular weight excluding hydrogens is 249 g/mol. The maximum absolute atomic E-state index is 13.0. The molecule has 0 heterocycles. The Morgan fingerprint density at radius 1 is 1.33 bits per heavy atom. The molecule has 1 N–H and O–H groups in total. The predicted molar refractivity (Wildman–Crippen MR) is 74.3 cm³/mol. The molecule has 3 heteroatoms. The van der Waals surface area contributed by atoms with E-state index in [-0.39, 0.29) is 11.9 Å².